The summed E-state index contributed by atoms with van der Waals surface area (Å²) in [5.41, 5.74) is 2.46. The molecule has 1 N–H and O–H groups in total. The zero-order chi connectivity index (χ0) is 21.1. The number of carbonyl (C=O) groups is 2. The van der Waals surface area contributed by atoms with Crippen molar-refractivity contribution in [3.8, 4) is 0 Å². The van der Waals surface area contributed by atoms with Crippen molar-refractivity contribution < 1.29 is 15.8 Å². The molecule has 1 aromatic rings. The number of nitrogens with zero attached hydrogens (tertiary/aromatic N) is 3. The largest absolute Gasteiger partial charge is 0.450 e. The van der Waals surface area contributed by atoms with Gasteiger partial charge in [-0.25, -0.2) is 9.59 Å². The van der Waals surface area contributed by atoms with E-state index in [9.17, 15) is 9.59 Å². The van der Waals surface area contributed by atoms with E-state index < -0.39 is 0 Å². The van der Waals surface area contributed by atoms with Crippen molar-refractivity contribution >= 4 is 17.8 Å². The molecule has 0 atom stereocenters. The van der Waals surface area contributed by atoms with Gasteiger partial charge in [0.05, 0.1) is 6.61 Å². The summed E-state index contributed by atoms with van der Waals surface area (Å²) >= 11 is 0. The van der Waals surface area contributed by atoms with Crippen LogP contribution in [0.15, 0.2) is 24.3 Å². The van der Waals surface area contributed by atoms with Crippen molar-refractivity contribution in [1.29, 1.82) is 0 Å². The zero-order valence-corrected chi connectivity index (χ0v) is 18.2. The average Bonchev–Trinajstić information content (AvgIpc) is 3.09. The van der Waals surface area contributed by atoms with Crippen molar-refractivity contribution in [1.82, 2.24) is 15.1 Å². The smallest absolute Gasteiger partial charge is 0.409 e. The van der Waals surface area contributed by atoms with Crippen LogP contribution in [-0.2, 0) is 10.2 Å². The highest BCUT2D eigenvalue weighted by Crippen LogP contribution is 2.47. The number of piperidine rings is 2. The van der Waals surface area contributed by atoms with Crippen LogP contribution in [0.5, 0.6) is 0 Å². The Bertz CT molecular complexity index is 774. The summed E-state index contributed by atoms with van der Waals surface area (Å²) in [5, 5.41) is 2.97. The predicted octanol–water partition coefficient (Wildman–Crippen LogP) is 3.44. The summed E-state index contributed by atoms with van der Waals surface area (Å²) in [4.78, 5) is 31.0. The molecule has 0 aromatic heterocycles. The standard InChI is InChI=1S/C23H34N4O3.H2/c1-3-24-21(28)27-17-23(19-7-5-6-8-20(19)27)11-15-25(16-12-23)18-9-13-26(14-10-18)22(29)30-4-2;/h5-8,18H,3-4,9-17H2,1-2H3,(H,24,28);1H. The number of ether oxygens (including phenoxy) is 1. The highest BCUT2D eigenvalue weighted by Gasteiger charge is 2.47. The van der Waals surface area contributed by atoms with Crippen molar-refractivity contribution in [2.75, 3.05) is 50.8 Å². The fraction of sp³-hybridized carbons (Fsp3) is 0.652. The highest BCUT2D eigenvalue weighted by atomic mass is 16.6. The van der Waals surface area contributed by atoms with Crippen molar-refractivity contribution in [2.45, 2.75) is 51.0 Å². The van der Waals surface area contributed by atoms with Gasteiger partial charge in [0.1, 0.15) is 0 Å². The summed E-state index contributed by atoms with van der Waals surface area (Å²) in [6.45, 7) is 9.29. The minimum absolute atomic E-state index is 0. The molecule has 0 radical (unpaired) electrons. The molecule has 2 fully saturated rings. The van der Waals surface area contributed by atoms with Crippen LogP contribution in [0.25, 0.3) is 0 Å². The van der Waals surface area contributed by atoms with Crippen LogP contribution in [0.4, 0.5) is 15.3 Å². The normalized spacial score (nSPS) is 21.5. The number of urea groups is 1. The number of anilines is 1. The summed E-state index contributed by atoms with van der Waals surface area (Å²) in [6.07, 6.45) is 3.97. The Hall–Kier alpha value is -2.28. The lowest BCUT2D eigenvalue weighted by atomic mass is 9.74. The van der Waals surface area contributed by atoms with E-state index in [0.29, 0.717) is 19.2 Å². The second-order valence-electron chi connectivity index (χ2n) is 8.67. The van der Waals surface area contributed by atoms with Crippen LogP contribution >= 0.6 is 0 Å². The first-order chi connectivity index (χ1) is 14.6. The molecule has 30 heavy (non-hydrogen) atoms. The number of para-hydroxylation sites is 1. The first-order valence-corrected chi connectivity index (χ1v) is 11.4. The van der Waals surface area contributed by atoms with Crippen LogP contribution in [0.2, 0.25) is 0 Å². The van der Waals surface area contributed by atoms with Crippen molar-refractivity contribution in [3.05, 3.63) is 29.8 Å². The molecular weight excluding hydrogens is 380 g/mol. The predicted molar refractivity (Wildman–Crippen MR) is 119 cm³/mol. The Morgan fingerprint density at radius 1 is 1.13 bits per heavy atom. The van der Waals surface area contributed by atoms with Gasteiger partial charge in [0, 0.05) is 44.7 Å². The van der Waals surface area contributed by atoms with Crippen molar-refractivity contribution in [2.24, 2.45) is 0 Å². The molecular formula is C23H36N4O3. The van der Waals surface area contributed by atoms with Gasteiger partial charge in [-0.3, -0.25) is 4.90 Å². The van der Waals surface area contributed by atoms with E-state index in [2.05, 4.69) is 28.4 Å². The fourth-order valence-corrected chi connectivity index (χ4v) is 5.43. The first kappa shape index (κ1) is 21.0. The maximum Gasteiger partial charge on any atom is 0.409 e. The average molecular weight is 417 g/mol. The topological polar surface area (TPSA) is 65.1 Å². The number of fused-ring (bicyclic) bond motifs is 2. The van der Waals surface area contributed by atoms with Gasteiger partial charge in [0.2, 0.25) is 0 Å². The highest BCUT2D eigenvalue weighted by molar-refractivity contribution is 5.95. The number of likely N-dealkylation sites (tertiary alicyclic amines) is 2. The molecule has 1 aromatic carbocycles. The Morgan fingerprint density at radius 3 is 2.50 bits per heavy atom. The maximum absolute atomic E-state index is 12.6. The molecule has 4 rings (SSSR count). The second-order valence-corrected chi connectivity index (χ2v) is 8.67. The second kappa shape index (κ2) is 8.84. The molecule has 0 aliphatic carbocycles. The summed E-state index contributed by atoms with van der Waals surface area (Å²) in [6, 6.07) is 8.95. The molecule has 7 heteroatoms. The van der Waals surface area contributed by atoms with Gasteiger partial charge in [-0.15, -0.1) is 0 Å². The number of nitrogens with one attached hydrogen (secondary N) is 1. The van der Waals surface area contributed by atoms with E-state index in [0.717, 1.165) is 64.1 Å². The Kier molecular flexibility index (Phi) is 6.18. The van der Waals surface area contributed by atoms with Crippen LogP contribution in [-0.4, -0.2) is 73.8 Å². The third-order valence-electron chi connectivity index (χ3n) is 7.06. The van der Waals surface area contributed by atoms with Crippen LogP contribution in [0, 0.1) is 0 Å². The quantitative estimate of drug-likeness (QED) is 0.820. The lowest BCUT2D eigenvalue weighted by Crippen LogP contribution is -2.53. The van der Waals surface area contributed by atoms with E-state index in [1.54, 1.807) is 0 Å². The van der Waals surface area contributed by atoms with Gasteiger partial charge >= 0.3 is 12.1 Å². The number of carbonyl (C=O) groups excluding carboxylic acids is 2. The third kappa shape index (κ3) is 3.87. The number of hydrogen-bond donors (Lipinski definition) is 1. The Morgan fingerprint density at radius 2 is 1.83 bits per heavy atom. The monoisotopic (exact) mass is 416 g/mol. The van der Waals surface area contributed by atoms with Gasteiger partial charge in [0.25, 0.3) is 0 Å². The Balaban J connectivity index is 0.00000272. The summed E-state index contributed by atoms with van der Waals surface area (Å²) in [5.74, 6) is 0. The number of hydrogen-bond acceptors (Lipinski definition) is 4. The molecule has 2 saturated heterocycles. The number of amides is 3. The molecule has 0 unspecified atom stereocenters. The zero-order valence-electron chi connectivity index (χ0n) is 18.2. The van der Waals surface area contributed by atoms with E-state index >= 15 is 0 Å². The van der Waals surface area contributed by atoms with Crippen LogP contribution in [0.1, 0.15) is 46.5 Å². The van der Waals surface area contributed by atoms with Gasteiger partial charge in [-0.05, 0) is 64.3 Å². The lowest BCUT2D eigenvalue weighted by molar-refractivity contribution is 0.0580. The Labute approximate surface area is 180 Å². The first-order valence-electron chi connectivity index (χ1n) is 11.4. The third-order valence-corrected chi connectivity index (χ3v) is 7.06. The molecule has 0 saturated carbocycles. The van der Waals surface area contributed by atoms with Crippen LogP contribution in [0.3, 0.4) is 0 Å². The number of rotatable bonds is 3. The summed E-state index contributed by atoms with van der Waals surface area (Å²) in [7, 11) is 0. The molecule has 3 aliphatic heterocycles. The molecule has 3 amide bonds. The van der Waals surface area contributed by atoms with E-state index in [4.69, 9.17) is 4.74 Å². The minimum atomic E-state index is -0.179. The molecule has 1 spiro atoms. The molecule has 3 heterocycles. The SMILES string of the molecule is CCNC(=O)N1CC2(CCN(C3CCN(C(=O)OCC)CC3)CC2)c2ccccc21.[HH]. The lowest BCUT2D eigenvalue weighted by Gasteiger charge is -2.45. The molecule has 3 aliphatic rings. The van der Waals surface area contributed by atoms with Crippen molar-refractivity contribution in [3.63, 3.8) is 0 Å². The molecule has 166 valence electrons. The minimum Gasteiger partial charge on any atom is -0.450 e. The van der Waals surface area contributed by atoms with Gasteiger partial charge in [0.15, 0.2) is 0 Å². The molecule has 0 bridgehead atoms. The summed E-state index contributed by atoms with van der Waals surface area (Å²) < 4.78 is 5.14. The fourth-order valence-electron chi connectivity index (χ4n) is 5.43. The van der Waals surface area contributed by atoms with E-state index in [1.807, 2.05) is 29.7 Å². The van der Waals surface area contributed by atoms with Gasteiger partial charge < -0.3 is 19.9 Å². The van der Waals surface area contributed by atoms with E-state index in [-0.39, 0.29) is 19.0 Å². The van der Waals surface area contributed by atoms with E-state index in [1.165, 1.54) is 5.56 Å². The maximum atomic E-state index is 12.6. The van der Waals surface area contributed by atoms with Gasteiger partial charge in [-0.2, -0.15) is 0 Å². The molecule has 7 nitrogen and oxygen atoms in total. The van der Waals surface area contributed by atoms with Gasteiger partial charge in [-0.1, -0.05) is 18.2 Å². The number of benzene rings is 1. The van der Waals surface area contributed by atoms with Crippen LogP contribution < -0.4 is 10.2 Å².